The molecule has 0 N–H and O–H groups in total. The van der Waals surface area contributed by atoms with Gasteiger partial charge in [-0.25, -0.2) is 4.39 Å². The molecule has 3 heteroatoms. The van der Waals surface area contributed by atoms with Gasteiger partial charge in [-0.05, 0) is 49.2 Å². The lowest BCUT2D eigenvalue weighted by molar-refractivity contribution is 0.101. The van der Waals surface area contributed by atoms with Gasteiger partial charge in [-0.1, -0.05) is 19.1 Å². The van der Waals surface area contributed by atoms with Crippen molar-refractivity contribution in [3.63, 3.8) is 0 Å². The number of hydrogen-bond donors (Lipinski definition) is 0. The molecule has 0 aliphatic carbocycles. The van der Waals surface area contributed by atoms with Crippen LogP contribution in [0.1, 0.15) is 30.6 Å². The van der Waals surface area contributed by atoms with Crippen molar-refractivity contribution >= 4 is 5.78 Å². The van der Waals surface area contributed by atoms with Gasteiger partial charge in [0.2, 0.25) is 0 Å². The zero-order chi connectivity index (χ0) is 14.5. The average molecular weight is 272 g/mol. The minimum absolute atomic E-state index is 0.0749. The van der Waals surface area contributed by atoms with Crippen molar-refractivity contribution in [1.82, 2.24) is 0 Å². The number of Topliss-reactive ketones (excluding diaryl/α,β-unsaturated/α-hetero) is 1. The Bertz CT molecular complexity index is 603. The summed E-state index contributed by atoms with van der Waals surface area (Å²) in [5.74, 6) is 0.352. The SMILES string of the molecule is CCCOc1ccc(-c2cc(C(C)=O)ccc2F)cc1. The fraction of sp³-hybridized carbons (Fsp3) is 0.235. The summed E-state index contributed by atoms with van der Waals surface area (Å²) in [5, 5.41) is 0. The highest BCUT2D eigenvalue weighted by Crippen LogP contribution is 2.26. The lowest BCUT2D eigenvalue weighted by atomic mass is 10.0. The van der Waals surface area contributed by atoms with Crippen LogP contribution in [0.4, 0.5) is 4.39 Å². The highest BCUT2D eigenvalue weighted by molar-refractivity contribution is 5.95. The minimum Gasteiger partial charge on any atom is -0.494 e. The molecule has 0 radical (unpaired) electrons. The van der Waals surface area contributed by atoms with Crippen LogP contribution in [0.2, 0.25) is 0 Å². The van der Waals surface area contributed by atoms with Crippen molar-refractivity contribution in [2.75, 3.05) is 6.61 Å². The lowest BCUT2D eigenvalue weighted by Crippen LogP contribution is -1.96. The number of hydrogen-bond acceptors (Lipinski definition) is 2. The molecule has 0 unspecified atom stereocenters. The van der Waals surface area contributed by atoms with Gasteiger partial charge >= 0.3 is 0 Å². The third kappa shape index (κ3) is 3.23. The smallest absolute Gasteiger partial charge is 0.159 e. The maximum atomic E-state index is 13.9. The quantitative estimate of drug-likeness (QED) is 0.750. The molecule has 2 nitrogen and oxygen atoms in total. The normalized spacial score (nSPS) is 10.3. The second-order valence-corrected chi connectivity index (χ2v) is 4.62. The van der Waals surface area contributed by atoms with Crippen molar-refractivity contribution in [1.29, 1.82) is 0 Å². The molecule has 2 aromatic carbocycles. The largest absolute Gasteiger partial charge is 0.494 e. The summed E-state index contributed by atoms with van der Waals surface area (Å²) >= 11 is 0. The van der Waals surface area contributed by atoms with E-state index in [1.54, 1.807) is 18.2 Å². The van der Waals surface area contributed by atoms with Gasteiger partial charge in [0.25, 0.3) is 0 Å². The van der Waals surface area contributed by atoms with Crippen LogP contribution in [0.5, 0.6) is 5.75 Å². The van der Waals surface area contributed by atoms with E-state index in [4.69, 9.17) is 4.74 Å². The summed E-state index contributed by atoms with van der Waals surface area (Å²) in [7, 11) is 0. The molecule has 0 heterocycles. The molecular formula is C17H17FO2. The first-order valence-electron chi connectivity index (χ1n) is 6.65. The zero-order valence-corrected chi connectivity index (χ0v) is 11.7. The molecule has 20 heavy (non-hydrogen) atoms. The summed E-state index contributed by atoms with van der Waals surface area (Å²) in [6.07, 6.45) is 0.942. The van der Waals surface area contributed by atoms with Crippen LogP contribution in [0.3, 0.4) is 0 Å². The second-order valence-electron chi connectivity index (χ2n) is 4.62. The zero-order valence-electron chi connectivity index (χ0n) is 11.7. The molecule has 0 aromatic heterocycles. The van der Waals surface area contributed by atoms with E-state index >= 15 is 0 Å². The van der Waals surface area contributed by atoms with Gasteiger partial charge in [0.05, 0.1) is 6.61 Å². The molecule has 0 bridgehead atoms. The van der Waals surface area contributed by atoms with Gasteiger partial charge < -0.3 is 4.74 Å². The number of rotatable bonds is 5. The van der Waals surface area contributed by atoms with Crippen molar-refractivity contribution < 1.29 is 13.9 Å². The Morgan fingerprint density at radius 2 is 1.85 bits per heavy atom. The lowest BCUT2D eigenvalue weighted by Gasteiger charge is -2.08. The van der Waals surface area contributed by atoms with Crippen molar-refractivity contribution in [3.05, 3.63) is 53.8 Å². The second kappa shape index (κ2) is 6.33. The monoisotopic (exact) mass is 272 g/mol. The number of ether oxygens (including phenoxy) is 1. The Labute approximate surface area is 118 Å². The Hall–Kier alpha value is -2.16. The van der Waals surface area contributed by atoms with E-state index in [0.29, 0.717) is 17.7 Å². The first-order valence-corrected chi connectivity index (χ1v) is 6.65. The van der Waals surface area contributed by atoms with Gasteiger partial charge in [-0.2, -0.15) is 0 Å². The Kier molecular flexibility index (Phi) is 4.51. The van der Waals surface area contributed by atoms with E-state index in [1.165, 1.54) is 19.1 Å². The number of carbonyl (C=O) groups is 1. The standard InChI is InChI=1S/C17H17FO2/c1-3-10-20-15-7-4-13(5-8-15)16-11-14(12(2)19)6-9-17(16)18/h4-9,11H,3,10H2,1-2H3. The Morgan fingerprint density at radius 1 is 1.15 bits per heavy atom. The number of carbonyl (C=O) groups excluding carboxylic acids is 1. The molecule has 0 saturated carbocycles. The van der Waals surface area contributed by atoms with E-state index in [-0.39, 0.29) is 11.6 Å². The van der Waals surface area contributed by atoms with Crippen molar-refractivity contribution in [2.45, 2.75) is 20.3 Å². The summed E-state index contributed by atoms with van der Waals surface area (Å²) in [6.45, 7) is 4.17. The van der Waals surface area contributed by atoms with Gasteiger partial charge in [-0.3, -0.25) is 4.79 Å². The maximum Gasteiger partial charge on any atom is 0.159 e. The van der Waals surface area contributed by atoms with Crippen LogP contribution in [-0.4, -0.2) is 12.4 Å². The van der Waals surface area contributed by atoms with Gasteiger partial charge in [0, 0.05) is 11.1 Å². The van der Waals surface area contributed by atoms with Gasteiger partial charge in [0.1, 0.15) is 11.6 Å². The molecule has 0 fully saturated rings. The number of halogens is 1. The fourth-order valence-electron chi connectivity index (χ4n) is 1.92. The van der Waals surface area contributed by atoms with Crippen LogP contribution in [0.15, 0.2) is 42.5 Å². The first kappa shape index (κ1) is 14.3. The highest BCUT2D eigenvalue weighted by Gasteiger charge is 2.08. The highest BCUT2D eigenvalue weighted by atomic mass is 19.1. The van der Waals surface area contributed by atoms with E-state index in [0.717, 1.165) is 17.7 Å². The molecule has 2 aromatic rings. The van der Waals surface area contributed by atoms with Crippen LogP contribution in [0.25, 0.3) is 11.1 Å². The summed E-state index contributed by atoms with van der Waals surface area (Å²) in [6, 6.07) is 11.6. The minimum atomic E-state index is -0.336. The predicted molar refractivity (Wildman–Crippen MR) is 77.6 cm³/mol. The van der Waals surface area contributed by atoms with E-state index < -0.39 is 0 Å². The van der Waals surface area contributed by atoms with E-state index in [1.807, 2.05) is 19.1 Å². The Morgan fingerprint density at radius 3 is 2.45 bits per heavy atom. The number of benzene rings is 2. The van der Waals surface area contributed by atoms with Crippen LogP contribution in [-0.2, 0) is 0 Å². The third-order valence-corrected chi connectivity index (χ3v) is 3.01. The van der Waals surface area contributed by atoms with Crippen molar-refractivity contribution in [2.24, 2.45) is 0 Å². The topological polar surface area (TPSA) is 26.3 Å². The molecule has 0 spiro atoms. The maximum absolute atomic E-state index is 13.9. The molecule has 0 saturated heterocycles. The average Bonchev–Trinajstić information content (AvgIpc) is 2.46. The summed E-state index contributed by atoms with van der Waals surface area (Å²) in [4.78, 5) is 11.4. The van der Waals surface area contributed by atoms with Gasteiger partial charge in [-0.15, -0.1) is 0 Å². The fourth-order valence-corrected chi connectivity index (χ4v) is 1.92. The molecule has 0 aliphatic rings. The third-order valence-electron chi connectivity index (χ3n) is 3.01. The van der Waals surface area contributed by atoms with E-state index in [9.17, 15) is 9.18 Å². The molecule has 2 rings (SSSR count). The van der Waals surface area contributed by atoms with Crippen LogP contribution < -0.4 is 4.74 Å². The van der Waals surface area contributed by atoms with Crippen molar-refractivity contribution in [3.8, 4) is 16.9 Å². The first-order chi connectivity index (χ1) is 9.61. The number of ketones is 1. The van der Waals surface area contributed by atoms with E-state index in [2.05, 4.69) is 0 Å². The van der Waals surface area contributed by atoms with Gasteiger partial charge in [0.15, 0.2) is 5.78 Å². The molecular weight excluding hydrogens is 255 g/mol. The molecule has 104 valence electrons. The molecule has 0 aliphatic heterocycles. The summed E-state index contributed by atoms with van der Waals surface area (Å²) in [5.41, 5.74) is 1.67. The Balaban J connectivity index is 2.31. The summed E-state index contributed by atoms with van der Waals surface area (Å²) < 4.78 is 19.4. The predicted octanol–water partition coefficient (Wildman–Crippen LogP) is 4.48. The molecule has 0 amide bonds. The van der Waals surface area contributed by atoms with Crippen LogP contribution in [0, 0.1) is 5.82 Å². The van der Waals surface area contributed by atoms with Crippen LogP contribution >= 0.6 is 0 Å². The molecule has 0 atom stereocenters.